The molecule has 0 bridgehead atoms. The summed E-state index contributed by atoms with van der Waals surface area (Å²) in [7, 11) is 2.01. The summed E-state index contributed by atoms with van der Waals surface area (Å²) in [4.78, 5) is 25.7. The van der Waals surface area contributed by atoms with E-state index >= 15 is 0 Å². The maximum atomic E-state index is 12.3. The normalized spacial score (nSPS) is 19.0. The third-order valence-electron chi connectivity index (χ3n) is 5.92. The van der Waals surface area contributed by atoms with Gasteiger partial charge in [-0.15, -0.1) is 0 Å². The van der Waals surface area contributed by atoms with Gasteiger partial charge in [-0.1, -0.05) is 0 Å². The molecule has 1 amide bonds. The number of pyridine rings is 1. The Morgan fingerprint density at radius 2 is 2.03 bits per heavy atom. The number of hydrogen-bond donors (Lipinski definition) is 0. The largest absolute Gasteiger partial charge is 0.441 e. The summed E-state index contributed by atoms with van der Waals surface area (Å²) in [6.07, 6.45) is 6.66. The molecule has 4 heterocycles. The lowest BCUT2D eigenvalue weighted by atomic mass is 10.1. The van der Waals surface area contributed by atoms with Gasteiger partial charge in [0.25, 0.3) is 0 Å². The number of amides is 1. The third kappa shape index (κ3) is 3.37. The molecule has 0 unspecified atom stereocenters. The van der Waals surface area contributed by atoms with E-state index in [1.165, 1.54) is 16.8 Å². The fraction of sp³-hybridized carbons (Fsp3) is 0.476. The fourth-order valence-electron chi connectivity index (χ4n) is 3.99. The number of ether oxygens (including phenoxy) is 2. The Labute approximate surface area is 169 Å². The van der Waals surface area contributed by atoms with E-state index in [2.05, 4.69) is 33.2 Å². The molecule has 2 aliphatic heterocycles. The minimum Gasteiger partial charge on any atom is -0.441 e. The fourth-order valence-corrected chi connectivity index (χ4v) is 3.99. The molecule has 29 heavy (non-hydrogen) atoms. The summed E-state index contributed by atoms with van der Waals surface area (Å²) >= 11 is 0. The quantitative estimate of drug-likeness (QED) is 0.790. The van der Waals surface area contributed by atoms with Crippen molar-refractivity contribution in [3.05, 3.63) is 41.2 Å². The van der Waals surface area contributed by atoms with Crippen LogP contribution in [0.3, 0.4) is 0 Å². The molecule has 3 aliphatic rings. The molecular weight excluding hydrogens is 370 g/mol. The monoisotopic (exact) mass is 395 g/mol. The Bertz CT molecular complexity index is 951. The van der Waals surface area contributed by atoms with E-state index in [1.54, 1.807) is 4.90 Å². The van der Waals surface area contributed by atoms with Crippen LogP contribution in [0.25, 0.3) is 11.6 Å². The van der Waals surface area contributed by atoms with Crippen molar-refractivity contribution in [2.24, 2.45) is 7.05 Å². The molecule has 0 spiro atoms. The first-order chi connectivity index (χ1) is 14.1. The summed E-state index contributed by atoms with van der Waals surface area (Å²) in [6.45, 7) is 5.90. The zero-order chi connectivity index (χ0) is 20.0. The van der Waals surface area contributed by atoms with Crippen LogP contribution in [0.4, 0.5) is 10.5 Å². The smallest absolute Gasteiger partial charge is 0.410 e. The number of rotatable bonds is 3. The van der Waals surface area contributed by atoms with E-state index in [0.717, 1.165) is 36.7 Å². The van der Waals surface area contributed by atoms with Crippen molar-refractivity contribution in [1.82, 2.24) is 19.4 Å². The SMILES string of the molecule is Cc1nc(C2=Cc3c(N4CCN(C(=O)OC5COC5)CC4)ccnc3C2)cn1C. The van der Waals surface area contributed by atoms with E-state index in [0.29, 0.717) is 26.3 Å². The number of nitrogens with zero attached hydrogens (tertiary/aromatic N) is 5. The van der Waals surface area contributed by atoms with Gasteiger partial charge in [-0.2, -0.15) is 0 Å². The first-order valence-electron chi connectivity index (χ1n) is 10.1. The van der Waals surface area contributed by atoms with Crippen molar-refractivity contribution in [3.63, 3.8) is 0 Å². The van der Waals surface area contributed by atoms with Gasteiger partial charge in [-0.05, 0) is 24.6 Å². The average molecular weight is 395 g/mol. The van der Waals surface area contributed by atoms with Gasteiger partial charge >= 0.3 is 6.09 Å². The lowest BCUT2D eigenvalue weighted by Crippen LogP contribution is -2.51. The molecule has 2 aromatic heterocycles. The number of anilines is 1. The standard InChI is InChI=1S/C21H25N5O3/c1-14-23-19(11-24(14)2)15-9-17-18(10-15)22-4-3-20(17)25-5-7-26(8-6-25)21(27)29-16-12-28-13-16/h3-4,9,11,16H,5-8,10,12-13H2,1-2H3. The zero-order valence-electron chi connectivity index (χ0n) is 16.8. The Kier molecular flexibility index (Phi) is 4.50. The predicted molar refractivity (Wildman–Crippen MR) is 109 cm³/mol. The number of piperazine rings is 1. The maximum Gasteiger partial charge on any atom is 0.410 e. The highest BCUT2D eigenvalue weighted by molar-refractivity contribution is 5.91. The molecule has 0 atom stereocenters. The number of hydrogen-bond acceptors (Lipinski definition) is 6. The first-order valence-corrected chi connectivity index (χ1v) is 10.1. The zero-order valence-corrected chi connectivity index (χ0v) is 16.8. The molecule has 2 saturated heterocycles. The van der Waals surface area contributed by atoms with Crippen LogP contribution < -0.4 is 4.90 Å². The highest BCUT2D eigenvalue weighted by Gasteiger charge is 2.29. The van der Waals surface area contributed by atoms with Crippen molar-refractivity contribution in [2.45, 2.75) is 19.4 Å². The van der Waals surface area contributed by atoms with Crippen LogP contribution in [0.15, 0.2) is 18.5 Å². The second kappa shape index (κ2) is 7.18. The van der Waals surface area contributed by atoms with E-state index in [1.807, 2.05) is 24.7 Å². The highest BCUT2D eigenvalue weighted by Crippen LogP contribution is 2.36. The summed E-state index contributed by atoms with van der Waals surface area (Å²) < 4.78 is 12.5. The van der Waals surface area contributed by atoms with Crippen LogP contribution >= 0.6 is 0 Å². The second-order valence-electron chi connectivity index (χ2n) is 7.84. The van der Waals surface area contributed by atoms with Crippen molar-refractivity contribution in [1.29, 1.82) is 0 Å². The second-order valence-corrected chi connectivity index (χ2v) is 7.84. The van der Waals surface area contributed by atoms with E-state index in [4.69, 9.17) is 9.47 Å². The molecule has 8 nitrogen and oxygen atoms in total. The van der Waals surface area contributed by atoms with Crippen molar-refractivity contribution < 1.29 is 14.3 Å². The molecule has 0 N–H and O–H groups in total. The molecule has 5 rings (SSSR count). The van der Waals surface area contributed by atoms with Crippen molar-refractivity contribution in [3.8, 4) is 0 Å². The van der Waals surface area contributed by atoms with E-state index in [9.17, 15) is 4.79 Å². The topological polar surface area (TPSA) is 72.7 Å². The molecule has 2 fully saturated rings. The maximum absolute atomic E-state index is 12.3. The molecule has 152 valence electrons. The first kappa shape index (κ1) is 18.2. The van der Waals surface area contributed by atoms with Crippen LogP contribution in [0.2, 0.25) is 0 Å². The van der Waals surface area contributed by atoms with E-state index < -0.39 is 0 Å². The Morgan fingerprint density at radius 3 is 2.69 bits per heavy atom. The Balaban J connectivity index is 1.30. The van der Waals surface area contributed by atoms with Gasteiger partial charge in [-0.3, -0.25) is 4.98 Å². The van der Waals surface area contributed by atoms with Gasteiger partial charge in [-0.25, -0.2) is 9.78 Å². The average Bonchev–Trinajstić information content (AvgIpc) is 3.28. The predicted octanol–water partition coefficient (Wildman–Crippen LogP) is 1.88. The van der Waals surface area contributed by atoms with Gasteiger partial charge in [0.2, 0.25) is 0 Å². The van der Waals surface area contributed by atoms with Crippen LogP contribution in [-0.4, -0.2) is 71.0 Å². The van der Waals surface area contributed by atoms with Crippen LogP contribution in [-0.2, 0) is 22.9 Å². The van der Waals surface area contributed by atoms with Gasteiger partial charge < -0.3 is 23.8 Å². The van der Waals surface area contributed by atoms with Gasteiger partial charge in [0.1, 0.15) is 5.82 Å². The van der Waals surface area contributed by atoms with Crippen LogP contribution in [0.5, 0.6) is 0 Å². The number of aromatic nitrogens is 3. The highest BCUT2D eigenvalue weighted by atomic mass is 16.6. The minimum atomic E-state index is -0.231. The molecule has 0 saturated carbocycles. The molecule has 0 radical (unpaired) electrons. The summed E-state index contributed by atoms with van der Waals surface area (Å²) in [5.74, 6) is 1.00. The van der Waals surface area contributed by atoms with Crippen molar-refractivity contribution in [2.75, 3.05) is 44.3 Å². The summed E-state index contributed by atoms with van der Waals surface area (Å²) in [6, 6.07) is 2.07. The number of fused-ring (bicyclic) bond motifs is 1. The molecule has 0 aromatic carbocycles. The molecule has 1 aliphatic carbocycles. The summed E-state index contributed by atoms with van der Waals surface area (Å²) in [5.41, 5.74) is 5.66. The van der Waals surface area contributed by atoms with Gasteiger partial charge in [0, 0.05) is 63.3 Å². The van der Waals surface area contributed by atoms with Crippen LogP contribution in [0.1, 0.15) is 22.8 Å². The van der Waals surface area contributed by atoms with Gasteiger partial charge in [0.05, 0.1) is 24.6 Å². The van der Waals surface area contributed by atoms with Crippen LogP contribution in [0, 0.1) is 6.92 Å². The molecule has 8 heteroatoms. The van der Waals surface area contributed by atoms with Gasteiger partial charge in [0.15, 0.2) is 6.10 Å². The number of allylic oxidation sites excluding steroid dienone is 1. The third-order valence-corrected chi connectivity index (χ3v) is 5.92. The number of imidazole rings is 1. The summed E-state index contributed by atoms with van der Waals surface area (Å²) in [5, 5.41) is 0. The number of aryl methyl sites for hydroxylation is 2. The Hall–Kier alpha value is -2.87. The minimum absolute atomic E-state index is 0.0808. The molecule has 2 aromatic rings. The van der Waals surface area contributed by atoms with Crippen molar-refractivity contribution >= 4 is 23.4 Å². The van der Waals surface area contributed by atoms with E-state index in [-0.39, 0.29) is 12.2 Å². The molecular formula is C21H25N5O3. The Morgan fingerprint density at radius 1 is 1.24 bits per heavy atom. The number of carbonyl (C=O) groups is 1. The lowest BCUT2D eigenvalue weighted by molar-refractivity contribution is -0.104. The lowest BCUT2D eigenvalue weighted by Gasteiger charge is -2.37. The number of carbonyl (C=O) groups excluding carboxylic acids is 1.